The lowest BCUT2D eigenvalue weighted by Gasteiger charge is -2.22. The zero-order chi connectivity index (χ0) is 17.1. The van der Waals surface area contributed by atoms with Gasteiger partial charge in [-0.2, -0.15) is 0 Å². The van der Waals surface area contributed by atoms with Gasteiger partial charge in [0.25, 0.3) is 0 Å². The first-order chi connectivity index (χ1) is 11.5. The van der Waals surface area contributed by atoms with Crippen molar-refractivity contribution in [3.05, 3.63) is 71.0 Å². The standard InChI is InChI=1S/C19H20N2O3/c1-13-6-8-16(9-7-13)21(12-17-5-4-10-23-17)19(22)11-18-14(2)20-24-15(18)3/h4-10H,11-12H2,1-3H3. The molecule has 0 aliphatic heterocycles. The summed E-state index contributed by atoms with van der Waals surface area (Å²) in [4.78, 5) is 14.7. The summed E-state index contributed by atoms with van der Waals surface area (Å²) in [5.41, 5.74) is 3.59. The Hall–Kier alpha value is -2.82. The van der Waals surface area contributed by atoms with Gasteiger partial charge in [-0.25, -0.2) is 0 Å². The summed E-state index contributed by atoms with van der Waals surface area (Å²) in [5, 5.41) is 3.92. The summed E-state index contributed by atoms with van der Waals surface area (Å²) in [6, 6.07) is 11.6. The summed E-state index contributed by atoms with van der Waals surface area (Å²) < 4.78 is 10.6. The maximum Gasteiger partial charge on any atom is 0.232 e. The van der Waals surface area contributed by atoms with Gasteiger partial charge in [0.15, 0.2) is 0 Å². The number of anilines is 1. The number of rotatable bonds is 5. The van der Waals surface area contributed by atoms with E-state index in [2.05, 4.69) is 5.16 Å². The average Bonchev–Trinajstić information content (AvgIpc) is 3.19. The fourth-order valence-corrected chi connectivity index (χ4v) is 2.61. The van der Waals surface area contributed by atoms with E-state index in [1.807, 2.05) is 57.2 Å². The molecule has 2 aromatic heterocycles. The number of hydrogen-bond acceptors (Lipinski definition) is 4. The van der Waals surface area contributed by atoms with E-state index in [-0.39, 0.29) is 12.3 Å². The van der Waals surface area contributed by atoms with Gasteiger partial charge < -0.3 is 13.8 Å². The fraction of sp³-hybridized carbons (Fsp3) is 0.263. The van der Waals surface area contributed by atoms with Crippen LogP contribution in [-0.4, -0.2) is 11.1 Å². The maximum atomic E-state index is 12.9. The van der Waals surface area contributed by atoms with Gasteiger partial charge in [-0.3, -0.25) is 4.79 Å². The summed E-state index contributed by atoms with van der Waals surface area (Å²) in [5.74, 6) is 1.40. The average molecular weight is 324 g/mol. The molecule has 0 saturated carbocycles. The van der Waals surface area contributed by atoms with E-state index in [0.29, 0.717) is 12.3 Å². The van der Waals surface area contributed by atoms with Crippen LogP contribution < -0.4 is 4.90 Å². The van der Waals surface area contributed by atoms with Crippen molar-refractivity contribution < 1.29 is 13.7 Å². The number of carbonyl (C=O) groups excluding carboxylic acids is 1. The quantitative estimate of drug-likeness (QED) is 0.712. The molecule has 0 spiro atoms. The van der Waals surface area contributed by atoms with Crippen LogP contribution in [0.3, 0.4) is 0 Å². The number of aryl methyl sites for hydroxylation is 3. The largest absolute Gasteiger partial charge is 0.467 e. The SMILES string of the molecule is Cc1ccc(N(Cc2ccco2)C(=O)Cc2c(C)noc2C)cc1. The molecule has 3 aromatic rings. The number of furan rings is 1. The van der Waals surface area contributed by atoms with Gasteiger partial charge in [-0.1, -0.05) is 22.9 Å². The highest BCUT2D eigenvalue weighted by Crippen LogP contribution is 2.21. The van der Waals surface area contributed by atoms with E-state index in [0.717, 1.165) is 28.3 Å². The van der Waals surface area contributed by atoms with Crippen LogP contribution >= 0.6 is 0 Å². The fourth-order valence-electron chi connectivity index (χ4n) is 2.61. The van der Waals surface area contributed by atoms with Crippen molar-refractivity contribution in [1.29, 1.82) is 0 Å². The molecule has 0 saturated heterocycles. The highest BCUT2D eigenvalue weighted by molar-refractivity contribution is 5.94. The van der Waals surface area contributed by atoms with Crippen molar-refractivity contribution in [1.82, 2.24) is 5.16 Å². The number of hydrogen-bond donors (Lipinski definition) is 0. The second-order valence-corrected chi connectivity index (χ2v) is 5.87. The van der Waals surface area contributed by atoms with E-state index in [9.17, 15) is 4.79 Å². The molecule has 0 fully saturated rings. The lowest BCUT2D eigenvalue weighted by Crippen LogP contribution is -2.31. The van der Waals surface area contributed by atoms with E-state index in [1.54, 1.807) is 11.2 Å². The first-order valence-electron chi connectivity index (χ1n) is 7.86. The third-order valence-corrected chi connectivity index (χ3v) is 4.05. The van der Waals surface area contributed by atoms with Crippen molar-refractivity contribution in [3.63, 3.8) is 0 Å². The molecular formula is C19H20N2O3. The molecule has 24 heavy (non-hydrogen) atoms. The van der Waals surface area contributed by atoms with Gasteiger partial charge >= 0.3 is 0 Å². The van der Waals surface area contributed by atoms with E-state index < -0.39 is 0 Å². The molecule has 5 heteroatoms. The van der Waals surface area contributed by atoms with Gasteiger partial charge in [0.2, 0.25) is 5.91 Å². The molecule has 124 valence electrons. The molecule has 1 aromatic carbocycles. The van der Waals surface area contributed by atoms with Crippen LogP contribution in [0.25, 0.3) is 0 Å². The maximum absolute atomic E-state index is 12.9. The monoisotopic (exact) mass is 324 g/mol. The van der Waals surface area contributed by atoms with Crippen LogP contribution in [0.2, 0.25) is 0 Å². The van der Waals surface area contributed by atoms with E-state index >= 15 is 0 Å². The molecule has 1 amide bonds. The van der Waals surface area contributed by atoms with Crippen LogP contribution in [0.1, 0.15) is 28.3 Å². The highest BCUT2D eigenvalue weighted by Gasteiger charge is 2.21. The van der Waals surface area contributed by atoms with Crippen LogP contribution in [0, 0.1) is 20.8 Å². The molecule has 0 aliphatic carbocycles. The molecule has 0 aliphatic rings. The number of amides is 1. The van der Waals surface area contributed by atoms with Crippen LogP contribution in [0.15, 0.2) is 51.6 Å². The lowest BCUT2D eigenvalue weighted by atomic mass is 10.1. The van der Waals surface area contributed by atoms with Crippen LogP contribution in [-0.2, 0) is 17.8 Å². The Morgan fingerprint density at radius 3 is 2.46 bits per heavy atom. The molecule has 0 radical (unpaired) electrons. The van der Waals surface area contributed by atoms with Gasteiger partial charge in [-0.05, 0) is 45.0 Å². The summed E-state index contributed by atoms with van der Waals surface area (Å²) in [7, 11) is 0. The number of carbonyl (C=O) groups is 1. The van der Waals surface area contributed by atoms with Gasteiger partial charge in [0.05, 0.1) is 24.9 Å². The molecule has 0 atom stereocenters. The zero-order valence-corrected chi connectivity index (χ0v) is 14.1. The van der Waals surface area contributed by atoms with Crippen molar-refractivity contribution >= 4 is 11.6 Å². The van der Waals surface area contributed by atoms with E-state index in [1.165, 1.54) is 0 Å². The minimum absolute atomic E-state index is 0.0235. The number of nitrogens with zero attached hydrogens (tertiary/aromatic N) is 2. The Labute approximate surface area is 140 Å². The summed E-state index contributed by atoms with van der Waals surface area (Å²) >= 11 is 0. The Morgan fingerprint density at radius 1 is 1.12 bits per heavy atom. The minimum Gasteiger partial charge on any atom is -0.467 e. The smallest absolute Gasteiger partial charge is 0.232 e. The second-order valence-electron chi connectivity index (χ2n) is 5.87. The first-order valence-corrected chi connectivity index (χ1v) is 7.86. The predicted molar refractivity (Wildman–Crippen MR) is 90.8 cm³/mol. The molecule has 0 N–H and O–H groups in total. The first kappa shape index (κ1) is 16.1. The van der Waals surface area contributed by atoms with Gasteiger partial charge in [-0.15, -0.1) is 0 Å². The summed E-state index contributed by atoms with van der Waals surface area (Å²) in [6.45, 7) is 6.08. The summed E-state index contributed by atoms with van der Waals surface area (Å²) in [6.07, 6.45) is 1.86. The Kier molecular flexibility index (Phi) is 4.51. The second kappa shape index (κ2) is 6.74. The van der Waals surface area contributed by atoms with Crippen LogP contribution in [0.5, 0.6) is 0 Å². The van der Waals surface area contributed by atoms with Crippen molar-refractivity contribution in [2.45, 2.75) is 33.7 Å². The van der Waals surface area contributed by atoms with Crippen molar-refractivity contribution in [3.8, 4) is 0 Å². The number of aromatic nitrogens is 1. The van der Waals surface area contributed by atoms with Crippen molar-refractivity contribution in [2.75, 3.05) is 4.90 Å². The zero-order valence-electron chi connectivity index (χ0n) is 14.1. The van der Waals surface area contributed by atoms with Crippen LogP contribution in [0.4, 0.5) is 5.69 Å². The lowest BCUT2D eigenvalue weighted by molar-refractivity contribution is -0.118. The molecular weight excluding hydrogens is 304 g/mol. The van der Waals surface area contributed by atoms with Gasteiger partial charge in [0.1, 0.15) is 11.5 Å². The third-order valence-electron chi connectivity index (χ3n) is 4.05. The minimum atomic E-state index is -0.0235. The normalized spacial score (nSPS) is 10.8. The van der Waals surface area contributed by atoms with E-state index in [4.69, 9.17) is 8.94 Å². The highest BCUT2D eigenvalue weighted by atomic mass is 16.5. The third kappa shape index (κ3) is 3.40. The molecule has 5 nitrogen and oxygen atoms in total. The molecule has 3 rings (SSSR count). The molecule has 0 bridgehead atoms. The Balaban J connectivity index is 1.88. The molecule has 2 heterocycles. The Bertz CT molecular complexity index is 797. The Morgan fingerprint density at radius 2 is 1.88 bits per heavy atom. The molecule has 0 unspecified atom stereocenters. The van der Waals surface area contributed by atoms with Crippen molar-refractivity contribution in [2.24, 2.45) is 0 Å². The topological polar surface area (TPSA) is 59.5 Å². The predicted octanol–water partition coefficient (Wildman–Crippen LogP) is 3.97. The van der Waals surface area contributed by atoms with Gasteiger partial charge in [0, 0.05) is 11.3 Å². The number of benzene rings is 1.